The first-order chi connectivity index (χ1) is 10.2. The fraction of sp³-hybridized carbons (Fsp3) is 0.556. The predicted molar refractivity (Wildman–Crippen MR) is 84.8 cm³/mol. The van der Waals surface area contributed by atoms with Crippen molar-refractivity contribution in [3.05, 3.63) is 35.4 Å². The van der Waals surface area contributed by atoms with Crippen LogP contribution in [0.25, 0.3) is 0 Å². The minimum Gasteiger partial charge on any atom is -0.486 e. The Balaban J connectivity index is 1.50. The summed E-state index contributed by atoms with van der Waals surface area (Å²) < 4.78 is 11.2. The number of benzene rings is 1. The van der Waals surface area contributed by atoms with Crippen LogP contribution in [0.15, 0.2) is 29.8 Å². The highest BCUT2D eigenvalue weighted by molar-refractivity contribution is 5.43. The molecule has 2 aliphatic rings. The minimum absolute atomic E-state index is 0.648. The predicted octanol–water partition coefficient (Wildman–Crippen LogP) is 3.54. The number of fused-ring (bicyclic) bond motifs is 1. The van der Waals surface area contributed by atoms with Gasteiger partial charge in [-0.05, 0) is 55.8 Å². The van der Waals surface area contributed by atoms with Gasteiger partial charge in [0.1, 0.15) is 13.2 Å². The molecule has 0 saturated carbocycles. The smallest absolute Gasteiger partial charge is 0.161 e. The van der Waals surface area contributed by atoms with E-state index in [-0.39, 0.29) is 0 Å². The Morgan fingerprint density at radius 2 is 2.00 bits per heavy atom. The van der Waals surface area contributed by atoms with Crippen LogP contribution in [0.3, 0.4) is 0 Å². The van der Waals surface area contributed by atoms with Crippen molar-refractivity contribution in [3.63, 3.8) is 0 Å². The molecule has 0 radical (unpaired) electrons. The van der Waals surface area contributed by atoms with Gasteiger partial charge in [0.05, 0.1) is 0 Å². The molecule has 2 unspecified atom stereocenters. The van der Waals surface area contributed by atoms with E-state index in [0.29, 0.717) is 13.2 Å². The number of rotatable bonds is 4. The van der Waals surface area contributed by atoms with Gasteiger partial charge in [-0.15, -0.1) is 0 Å². The zero-order valence-corrected chi connectivity index (χ0v) is 13.0. The van der Waals surface area contributed by atoms with E-state index in [0.717, 1.165) is 36.4 Å². The summed E-state index contributed by atoms with van der Waals surface area (Å²) >= 11 is 0. The van der Waals surface area contributed by atoms with Crippen molar-refractivity contribution in [3.8, 4) is 11.5 Å². The molecule has 1 heterocycles. The molecule has 21 heavy (non-hydrogen) atoms. The van der Waals surface area contributed by atoms with Gasteiger partial charge in [-0.2, -0.15) is 0 Å². The molecule has 0 fully saturated rings. The molecule has 0 aromatic heterocycles. The molecule has 0 saturated heterocycles. The van der Waals surface area contributed by atoms with Crippen molar-refractivity contribution in [1.29, 1.82) is 0 Å². The Bertz CT molecular complexity index is 524. The summed E-state index contributed by atoms with van der Waals surface area (Å²) in [6.07, 6.45) is 4.95. The summed E-state index contributed by atoms with van der Waals surface area (Å²) in [5.41, 5.74) is 2.80. The van der Waals surface area contributed by atoms with Crippen LogP contribution in [0.4, 0.5) is 0 Å². The number of allylic oxidation sites excluding steroid dienone is 2. The summed E-state index contributed by atoms with van der Waals surface area (Å²) in [6, 6.07) is 6.23. The molecule has 114 valence electrons. The van der Waals surface area contributed by atoms with Gasteiger partial charge < -0.3 is 14.8 Å². The molecular formula is C18H25NO2. The lowest BCUT2D eigenvalue weighted by Gasteiger charge is -2.25. The van der Waals surface area contributed by atoms with E-state index < -0.39 is 0 Å². The van der Waals surface area contributed by atoms with Crippen molar-refractivity contribution in [2.24, 2.45) is 11.8 Å². The molecule has 1 aromatic rings. The minimum atomic E-state index is 0.648. The zero-order valence-electron chi connectivity index (χ0n) is 13.0. The van der Waals surface area contributed by atoms with E-state index in [1.165, 1.54) is 18.4 Å². The van der Waals surface area contributed by atoms with Gasteiger partial charge in [-0.3, -0.25) is 0 Å². The highest BCUT2D eigenvalue weighted by atomic mass is 16.6. The normalized spacial score (nSPS) is 24.6. The van der Waals surface area contributed by atoms with Crippen LogP contribution in [0.5, 0.6) is 11.5 Å². The van der Waals surface area contributed by atoms with Crippen LogP contribution in [-0.2, 0) is 6.54 Å². The maximum absolute atomic E-state index is 5.63. The summed E-state index contributed by atoms with van der Waals surface area (Å²) in [4.78, 5) is 0. The van der Waals surface area contributed by atoms with Gasteiger partial charge in [0, 0.05) is 6.54 Å². The maximum Gasteiger partial charge on any atom is 0.161 e. The standard InChI is InChI=1S/C18H25NO2/c1-13-7-14(2)9-16(8-13)12-19-11-15-3-4-17-18(10-15)21-6-5-20-17/h3-4,7,10,13,16,19H,5-6,8-9,11-12H2,1-2H3. The zero-order chi connectivity index (χ0) is 14.7. The summed E-state index contributed by atoms with van der Waals surface area (Å²) in [7, 11) is 0. The molecule has 1 N–H and O–H groups in total. The molecule has 0 amide bonds. The monoisotopic (exact) mass is 287 g/mol. The first-order valence-electron chi connectivity index (χ1n) is 7.97. The summed E-state index contributed by atoms with van der Waals surface area (Å²) in [5, 5.41) is 3.60. The van der Waals surface area contributed by atoms with Crippen LogP contribution in [0, 0.1) is 11.8 Å². The van der Waals surface area contributed by atoms with Crippen LogP contribution in [0.1, 0.15) is 32.3 Å². The molecule has 3 heteroatoms. The van der Waals surface area contributed by atoms with Crippen molar-refractivity contribution in [1.82, 2.24) is 5.32 Å². The van der Waals surface area contributed by atoms with E-state index in [1.54, 1.807) is 5.57 Å². The molecule has 0 spiro atoms. The van der Waals surface area contributed by atoms with Crippen LogP contribution in [0.2, 0.25) is 0 Å². The second kappa shape index (κ2) is 6.52. The second-order valence-electron chi connectivity index (χ2n) is 6.41. The SMILES string of the molecule is CC1=CC(C)CC(CNCc2ccc3c(c2)OCCO3)C1. The number of nitrogens with one attached hydrogen (secondary N) is 1. The van der Waals surface area contributed by atoms with Gasteiger partial charge in [0.25, 0.3) is 0 Å². The van der Waals surface area contributed by atoms with Gasteiger partial charge in [0.2, 0.25) is 0 Å². The van der Waals surface area contributed by atoms with E-state index in [4.69, 9.17) is 9.47 Å². The molecule has 1 aliphatic heterocycles. The third kappa shape index (κ3) is 3.79. The third-order valence-corrected chi connectivity index (χ3v) is 4.25. The van der Waals surface area contributed by atoms with Crippen molar-refractivity contribution in [2.75, 3.05) is 19.8 Å². The van der Waals surface area contributed by atoms with Crippen molar-refractivity contribution >= 4 is 0 Å². The van der Waals surface area contributed by atoms with Gasteiger partial charge in [-0.1, -0.05) is 24.6 Å². The Morgan fingerprint density at radius 1 is 1.19 bits per heavy atom. The molecule has 3 rings (SSSR count). The van der Waals surface area contributed by atoms with E-state index in [1.807, 2.05) is 6.07 Å². The quantitative estimate of drug-likeness (QED) is 0.859. The Labute approximate surface area is 127 Å². The average molecular weight is 287 g/mol. The number of ether oxygens (including phenoxy) is 2. The molecule has 3 nitrogen and oxygen atoms in total. The Morgan fingerprint density at radius 3 is 2.81 bits per heavy atom. The topological polar surface area (TPSA) is 30.5 Å². The number of hydrogen-bond donors (Lipinski definition) is 1. The second-order valence-corrected chi connectivity index (χ2v) is 6.41. The first kappa shape index (κ1) is 14.5. The largest absolute Gasteiger partial charge is 0.486 e. The highest BCUT2D eigenvalue weighted by Gasteiger charge is 2.17. The third-order valence-electron chi connectivity index (χ3n) is 4.25. The molecule has 1 aliphatic carbocycles. The van der Waals surface area contributed by atoms with Crippen LogP contribution >= 0.6 is 0 Å². The first-order valence-corrected chi connectivity index (χ1v) is 7.97. The van der Waals surface area contributed by atoms with Crippen LogP contribution in [-0.4, -0.2) is 19.8 Å². The van der Waals surface area contributed by atoms with E-state index >= 15 is 0 Å². The van der Waals surface area contributed by atoms with Gasteiger partial charge >= 0.3 is 0 Å². The fourth-order valence-electron chi connectivity index (χ4n) is 3.46. The molecular weight excluding hydrogens is 262 g/mol. The Hall–Kier alpha value is -1.48. The maximum atomic E-state index is 5.63. The molecule has 0 bridgehead atoms. The average Bonchev–Trinajstić information content (AvgIpc) is 2.46. The lowest BCUT2D eigenvalue weighted by atomic mass is 9.84. The fourth-order valence-corrected chi connectivity index (χ4v) is 3.46. The van der Waals surface area contributed by atoms with E-state index in [9.17, 15) is 0 Å². The Kier molecular flexibility index (Phi) is 4.49. The molecule has 1 aromatic carbocycles. The highest BCUT2D eigenvalue weighted by Crippen LogP contribution is 2.31. The van der Waals surface area contributed by atoms with Gasteiger partial charge in [-0.25, -0.2) is 0 Å². The lowest BCUT2D eigenvalue weighted by Crippen LogP contribution is -2.26. The molecule has 2 atom stereocenters. The lowest BCUT2D eigenvalue weighted by molar-refractivity contribution is 0.171. The summed E-state index contributed by atoms with van der Waals surface area (Å²) in [6.45, 7) is 7.85. The van der Waals surface area contributed by atoms with Crippen molar-refractivity contribution in [2.45, 2.75) is 33.2 Å². The van der Waals surface area contributed by atoms with Gasteiger partial charge in [0.15, 0.2) is 11.5 Å². The van der Waals surface area contributed by atoms with Crippen molar-refractivity contribution < 1.29 is 9.47 Å². The number of hydrogen-bond acceptors (Lipinski definition) is 3. The van der Waals surface area contributed by atoms with Crippen LogP contribution < -0.4 is 14.8 Å². The summed E-state index contributed by atoms with van der Waals surface area (Å²) in [5.74, 6) is 3.24. The van der Waals surface area contributed by atoms with E-state index in [2.05, 4.69) is 37.4 Å².